The second-order valence-corrected chi connectivity index (χ2v) is 4.82. The fourth-order valence-electron chi connectivity index (χ4n) is 1.59. The summed E-state index contributed by atoms with van der Waals surface area (Å²) in [5, 5.41) is 11.4. The van der Waals surface area contributed by atoms with Crippen molar-refractivity contribution < 1.29 is 0 Å². The fourth-order valence-corrected chi connectivity index (χ4v) is 1.59. The molecule has 0 saturated carbocycles. The van der Waals surface area contributed by atoms with E-state index in [2.05, 4.69) is 48.2 Å². The number of azo groups is 1. The molecule has 1 unspecified atom stereocenters. The summed E-state index contributed by atoms with van der Waals surface area (Å²) in [5.74, 6) is 1.35. The van der Waals surface area contributed by atoms with Gasteiger partial charge in [-0.25, -0.2) is 0 Å². The summed E-state index contributed by atoms with van der Waals surface area (Å²) in [7, 11) is 0. The highest BCUT2D eigenvalue weighted by Gasteiger charge is 2.24. The summed E-state index contributed by atoms with van der Waals surface area (Å²) in [6.07, 6.45) is 0.0329. The van der Waals surface area contributed by atoms with Gasteiger partial charge in [-0.3, -0.25) is 4.99 Å². The molecule has 17 heavy (non-hydrogen) atoms. The van der Waals surface area contributed by atoms with Gasteiger partial charge in [-0.15, -0.1) is 5.11 Å². The molecule has 5 heteroatoms. The minimum atomic E-state index is 0.0329. The average Bonchev–Trinajstić information content (AvgIpc) is 2.26. The summed E-state index contributed by atoms with van der Waals surface area (Å²) in [6, 6.07) is 0. The molecule has 0 spiro atoms. The lowest BCUT2D eigenvalue weighted by atomic mass is 10.0. The maximum Gasteiger partial charge on any atom is 0.174 e. The maximum absolute atomic E-state index is 6.06. The first-order valence-corrected chi connectivity index (χ1v) is 6.19. The summed E-state index contributed by atoms with van der Waals surface area (Å²) in [4.78, 5) is 4.64. The monoisotopic (exact) mass is 237 g/mol. The van der Waals surface area contributed by atoms with Crippen molar-refractivity contribution in [1.82, 2.24) is 5.32 Å². The smallest absolute Gasteiger partial charge is 0.174 e. The third-order valence-electron chi connectivity index (χ3n) is 2.58. The molecular weight excluding hydrogens is 214 g/mol. The molecule has 5 nitrogen and oxygen atoms in total. The zero-order chi connectivity index (χ0) is 13.0. The third-order valence-corrected chi connectivity index (χ3v) is 2.58. The maximum atomic E-state index is 6.06. The van der Waals surface area contributed by atoms with E-state index in [0.717, 1.165) is 5.71 Å². The van der Waals surface area contributed by atoms with Gasteiger partial charge in [-0.05, 0) is 18.8 Å². The number of rotatable bonds is 4. The van der Waals surface area contributed by atoms with Gasteiger partial charge in [-0.1, -0.05) is 27.7 Å². The van der Waals surface area contributed by atoms with Crippen LogP contribution in [0.4, 0.5) is 0 Å². The van der Waals surface area contributed by atoms with Gasteiger partial charge in [-0.2, -0.15) is 5.11 Å². The van der Waals surface area contributed by atoms with Gasteiger partial charge in [0.25, 0.3) is 0 Å². The Morgan fingerprint density at radius 3 is 2.47 bits per heavy atom. The van der Waals surface area contributed by atoms with Crippen LogP contribution in [0, 0.1) is 11.8 Å². The summed E-state index contributed by atoms with van der Waals surface area (Å²) in [5.41, 5.74) is 7.60. The number of nitrogens with two attached hydrogens (primary N) is 1. The molecule has 0 aromatic carbocycles. The molecule has 0 bridgehead atoms. The Hall–Kier alpha value is -1.39. The normalized spacial score (nSPS) is 21.4. The van der Waals surface area contributed by atoms with E-state index >= 15 is 0 Å². The van der Waals surface area contributed by atoms with Gasteiger partial charge in [0.2, 0.25) is 0 Å². The number of nitrogens with one attached hydrogen (secondary N) is 1. The molecule has 0 aliphatic carbocycles. The number of aliphatic imine (C=N–C) groups is 1. The molecule has 0 fully saturated rings. The zero-order valence-corrected chi connectivity index (χ0v) is 11.4. The topological polar surface area (TPSA) is 75.1 Å². The van der Waals surface area contributed by atoms with Gasteiger partial charge in [0.05, 0.1) is 18.0 Å². The van der Waals surface area contributed by atoms with E-state index in [9.17, 15) is 0 Å². The molecule has 0 radical (unpaired) electrons. The number of hydrogen-bond acceptors (Lipinski definition) is 5. The molecule has 0 amide bonds. The molecule has 3 N–H and O–H groups in total. The predicted molar refractivity (Wildman–Crippen MR) is 70.6 cm³/mol. The lowest BCUT2D eigenvalue weighted by Crippen LogP contribution is -2.40. The largest absolute Gasteiger partial charge is 0.394 e. The predicted octanol–water partition coefficient (Wildman–Crippen LogP) is 2.27. The molecule has 96 valence electrons. The van der Waals surface area contributed by atoms with E-state index in [1.807, 2.05) is 6.92 Å². The average molecular weight is 237 g/mol. The highest BCUT2D eigenvalue weighted by Crippen LogP contribution is 2.18. The molecular formula is C12H23N5. The minimum absolute atomic E-state index is 0.0329. The van der Waals surface area contributed by atoms with Crippen LogP contribution in [0.5, 0.6) is 0 Å². The number of nitrogens with zero attached hydrogens (tertiary/aromatic N) is 3. The molecule has 1 aliphatic heterocycles. The van der Waals surface area contributed by atoms with Crippen LogP contribution in [0.1, 0.15) is 34.6 Å². The van der Waals surface area contributed by atoms with Gasteiger partial charge < -0.3 is 11.1 Å². The van der Waals surface area contributed by atoms with Gasteiger partial charge in [0, 0.05) is 0 Å². The number of hydrogen-bond donors (Lipinski definition) is 2. The Kier molecular flexibility index (Phi) is 4.66. The van der Waals surface area contributed by atoms with E-state index in [-0.39, 0.29) is 6.17 Å². The van der Waals surface area contributed by atoms with Crippen molar-refractivity contribution >= 4 is 5.71 Å². The quantitative estimate of drug-likeness (QED) is 0.736. The summed E-state index contributed by atoms with van der Waals surface area (Å²) < 4.78 is 0. The van der Waals surface area contributed by atoms with Crippen LogP contribution in [-0.2, 0) is 0 Å². The van der Waals surface area contributed by atoms with Crippen LogP contribution < -0.4 is 11.1 Å². The Bertz CT molecular complexity index is 352. The second kappa shape index (κ2) is 5.80. The molecule has 0 aromatic rings. The van der Waals surface area contributed by atoms with Crippen LogP contribution in [0.25, 0.3) is 0 Å². The van der Waals surface area contributed by atoms with Crippen LogP contribution in [-0.4, -0.2) is 18.4 Å². The van der Waals surface area contributed by atoms with Crippen LogP contribution in [0.15, 0.2) is 26.7 Å². The first-order chi connectivity index (χ1) is 7.97. The molecule has 0 saturated heterocycles. The van der Waals surface area contributed by atoms with Crippen molar-refractivity contribution in [2.24, 2.45) is 32.8 Å². The first kappa shape index (κ1) is 13.7. The van der Waals surface area contributed by atoms with Gasteiger partial charge in [0.1, 0.15) is 6.17 Å². The van der Waals surface area contributed by atoms with E-state index in [1.165, 1.54) is 0 Å². The van der Waals surface area contributed by atoms with Crippen LogP contribution in [0.3, 0.4) is 0 Å². The second-order valence-electron chi connectivity index (χ2n) is 4.82. The molecule has 1 rings (SSSR count). The third kappa shape index (κ3) is 3.28. The summed E-state index contributed by atoms with van der Waals surface area (Å²) in [6.45, 7) is 11.0. The Morgan fingerprint density at radius 1 is 1.35 bits per heavy atom. The van der Waals surface area contributed by atoms with E-state index < -0.39 is 0 Å². The minimum Gasteiger partial charge on any atom is -0.394 e. The highest BCUT2D eigenvalue weighted by atomic mass is 15.3. The van der Waals surface area contributed by atoms with E-state index in [4.69, 9.17) is 5.73 Å². The van der Waals surface area contributed by atoms with Crippen molar-refractivity contribution in [3.05, 3.63) is 11.5 Å². The first-order valence-electron chi connectivity index (χ1n) is 6.19. The Morgan fingerprint density at radius 2 is 2.00 bits per heavy atom. The molecule has 1 aliphatic rings. The van der Waals surface area contributed by atoms with Crippen molar-refractivity contribution in [2.75, 3.05) is 6.54 Å². The molecule has 0 aromatic heterocycles. The molecule has 1 heterocycles. The lowest BCUT2D eigenvalue weighted by Gasteiger charge is -2.27. The van der Waals surface area contributed by atoms with Crippen molar-refractivity contribution in [2.45, 2.75) is 40.8 Å². The van der Waals surface area contributed by atoms with E-state index in [1.54, 1.807) is 0 Å². The standard InChI is InChI=1S/C12H23N5/c1-6-14-17-12-9(13)10(7(2)3)15-11(16-12)8(4)5/h7-8,11,16H,6,13H2,1-5H3/b17-14-. The van der Waals surface area contributed by atoms with Crippen LogP contribution in [0.2, 0.25) is 0 Å². The lowest BCUT2D eigenvalue weighted by molar-refractivity contribution is 0.432. The summed E-state index contributed by atoms with van der Waals surface area (Å²) >= 11 is 0. The van der Waals surface area contributed by atoms with E-state index in [0.29, 0.717) is 29.9 Å². The molecule has 1 atom stereocenters. The zero-order valence-electron chi connectivity index (χ0n) is 11.4. The number of allylic oxidation sites excluding steroid dienone is 1. The van der Waals surface area contributed by atoms with Gasteiger partial charge in [0.15, 0.2) is 5.82 Å². The fraction of sp³-hybridized carbons (Fsp3) is 0.750. The van der Waals surface area contributed by atoms with Crippen molar-refractivity contribution in [3.63, 3.8) is 0 Å². The van der Waals surface area contributed by atoms with Gasteiger partial charge >= 0.3 is 0 Å². The van der Waals surface area contributed by atoms with Crippen molar-refractivity contribution in [1.29, 1.82) is 0 Å². The van der Waals surface area contributed by atoms with Crippen molar-refractivity contribution in [3.8, 4) is 0 Å². The van der Waals surface area contributed by atoms with Crippen LogP contribution >= 0.6 is 0 Å². The Balaban J connectivity index is 3.06. The Labute approximate surface area is 103 Å². The highest BCUT2D eigenvalue weighted by molar-refractivity contribution is 6.01. The SMILES string of the molecule is CC/N=N\C1=C(N)C(C(C)C)=NC(C(C)C)N1.